The third kappa shape index (κ3) is 3.93. The van der Waals surface area contributed by atoms with Crippen molar-refractivity contribution < 1.29 is 22.6 Å². The summed E-state index contributed by atoms with van der Waals surface area (Å²) in [5, 5.41) is 3.07. The fraction of sp³-hybridized carbons (Fsp3) is 0.0909. The van der Waals surface area contributed by atoms with E-state index >= 15 is 0 Å². The van der Waals surface area contributed by atoms with Gasteiger partial charge < -0.3 is 11.1 Å². The van der Waals surface area contributed by atoms with E-state index in [4.69, 9.17) is 5.73 Å². The van der Waals surface area contributed by atoms with Crippen LogP contribution >= 0.6 is 0 Å². The van der Waals surface area contributed by atoms with Gasteiger partial charge in [-0.15, -0.1) is 0 Å². The summed E-state index contributed by atoms with van der Waals surface area (Å²) in [5.74, 6) is -1.03. The number of ketones is 2. The molecule has 154 valence electrons. The van der Waals surface area contributed by atoms with Gasteiger partial charge in [-0.25, -0.2) is 0 Å². The number of benzene rings is 3. The molecule has 0 heterocycles. The molecule has 0 saturated carbocycles. The SMILES string of the molecule is CCc1ccccc1Nc1cc(S(=O)(=O)O)c(N)c2c1C(=O)c1ccccc1C2=O.[NaH]. The average Bonchev–Trinajstić information content (AvgIpc) is 2.72. The van der Waals surface area contributed by atoms with E-state index < -0.39 is 32.3 Å². The fourth-order valence-corrected chi connectivity index (χ4v) is 4.35. The Balaban J connectivity index is 0.00000272. The summed E-state index contributed by atoms with van der Waals surface area (Å²) in [6.07, 6.45) is 0.682. The van der Waals surface area contributed by atoms with Crippen LogP contribution in [0.3, 0.4) is 0 Å². The number of hydrogen-bond acceptors (Lipinski definition) is 6. The molecule has 1 aliphatic carbocycles. The van der Waals surface area contributed by atoms with Crippen molar-refractivity contribution in [3.05, 3.63) is 82.4 Å². The molecule has 31 heavy (non-hydrogen) atoms. The molecule has 7 nitrogen and oxygen atoms in total. The molecule has 3 aromatic carbocycles. The molecule has 0 saturated heterocycles. The van der Waals surface area contributed by atoms with Gasteiger partial charge in [0.1, 0.15) is 4.90 Å². The number of carbonyl (C=O) groups is 2. The molecule has 0 radical (unpaired) electrons. The second kappa shape index (κ2) is 8.57. The zero-order valence-electron chi connectivity index (χ0n) is 16.0. The topological polar surface area (TPSA) is 127 Å². The summed E-state index contributed by atoms with van der Waals surface area (Å²) in [6.45, 7) is 1.95. The Hall–Kier alpha value is -2.49. The molecule has 0 atom stereocenters. The first-order valence-corrected chi connectivity index (χ1v) is 10.6. The molecule has 9 heteroatoms. The van der Waals surface area contributed by atoms with Crippen LogP contribution in [-0.2, 0) is 16.5 Å². The minimum absolute atomic E-state index is 0. The average molecular weight is 446 g/mol. The summed E-state index contributed by atoms with van der Waals surface area (Å²) < 4.78 is 33.6. The van der Waals surface area contributed by atoms with Crippen LogP contribution in [0.15, 0.2) is 59.5 Å². The molecule has 0 amide bonds. The standard InChI is InChI=1S/C22H18N2O5S.Na.H/c1-2-12-7-3-6-10-15(12)24-16-11-17(30(27,28)29)20(23)19-18(16)21(25)13-8-4-5-9-14(13)22(19)26;;/h3-11,24H,2,23H2,1H3,(H,27,28,29);;. The molecule has 1 aliphatic rings. The molecular formula is C22H19N2NaO5S. The Bertz CT molecular complexity index is 1340. The van der Waals surface area contributed by atoms with Gasteiger partial charge in [0.2, 0.25) is 0 Å². The van der Waals surface area contributed by atoms with Gasteiger partial charge in [-0.2, -0.15) is 8.42 Å². The number of rotatable bonds is 4. The predicted octanol–water partition coefficient (Wildman–Crippen LogP) is 2.95. The molecular weight excluding hydrogens is 427 g/mol. The Kier molecular flexibility index (Phi) is 6.40. The third-order valence-electron chi connectivity index (χ3n) is 5.15. The van der Waals surface area contributed by atoms with Crippen LogP contribution < -0.4 is 11.1 Å². The number of anilines is 3. The van der Waals surface area contributed by atoms with Crippen molar-refractivity contribution in [3.63, 3.8) is 0 Å². The van der Waals surface area contributed by atoms with Crippen LogP contribution in [0.2, 0.25) is 0 Å². The molecule has 3 aromatic rings. The Labute approximate surface area is 201 Å². The molecule has 4 rings (SSSR count). The monoisotopic (exact) mass is 446 g/mol. The zero-order valence-corrected chi connectivity index (χ0v) is 16.8. The van der Waals surface area contributed by atoms with Crippen molar-refractivity contribution in [1.82, 2.24) is 0 Å². The van der Waals surface area contributed by atoms with Crippen molar-refractivity contribution >= 4 is 68.3 Å². The van der Waals surface area contributed by atoms with Gasteiger partial charge in [0, 0.05) is 16.8 Å². The number of aryl methyl sites for hydroxylation is 1. The molecule has 0 unspecified atom stereocenters. The predicted molar refractivity (Wildman–Crippen MR) is 120 cm³/mol. The van der Waals surface area contributed by atoms with Crippen LogP contribution in [0.25, 0.3) is 0 Å². The van der Waals surface area contributed by atoms with E-state index in [1.807, 2.05) is 19.1 Å². The van der Waals surface area contributed by atoms with Crippen LogP contribution in [-0.4, -0.2) is 54.1 Å². The van der Waals surface area contributed by atoms with E-state index in [2.05, 4.69) is 5.32 Å². The van der Waals surface area contributed by atoms with Gasteiger partial charge in [-0.3, -0.25) is 14.1 Å². The first kappa shape index (κ1) is 23.2. The Morgan fingerprint density at radius 3 is 2.03 bits per heavy atom. The zero-order chi connectivity index (χ0) is 21.6. The van der Waals surface area contributed by atoms with Crippen molar-refractivity contribution in [1.29, 1.82) is 0 Å². The van der Waals surface area contributed by atoms with Crippen molar-refractivity contribution in [2.45, 2.75) is 18.2 Å². The normalized spacial score (nSPS) is 12.6. The fourth-order valence-electron chi connectivity index (χ4n) is 3.70. The molecule has 0 aliphatic heterocycles. The Morgan fingerprint density at radius 1 is 0.903 bits per heavy atom. The maximum absolute atomic E-state index is 13.3. The van der Waals surface area contributed by atoms with E-state index in [0.717, 1.165) is 11.6 Å². The van der Waals surface area contributed by atoms with Crippen molar-refractivity contribution in [3.8, 4) is 0 Å². The number of nitrogens with one attached hydrogen (secondary N) is 1. The summed E-state index contributed by atoms with van der Waals surface area (Å²) in [5.41, 5.74) is 7.27. The van der Waals surface area contributed by atoms with Gasteiger partial charge in [-0.05, 0) is 24.1 Å². The number of nitrogens with two attached hydrogens (primary N) is 1. The first-order valence-electron chi connectivity index (χ1n) is 9.21. The number of fused-ring (bicyclic) bond motifs is 2. The Morgan fingerprint density at radius 2 is 1.45 bits per heavy atom. The number of carbonyl (C=O) groups excluding carboxylic acids is 2. The van der Waals surface area contributed by atoms with Crippen LogP contribution in [0.1, 0.15) is 44.3 Å². The summed E-state index contributed by atoms with van der Waals surface area (Å²) >= 11 is 0. The van der Waals surface area contributed by atoms with Gasteiger partial charge in [0.25, 0.3) is 10.1 Å². The molecule has 0 spiro atoms. The minimum atomic E-state index is -4.74. The van der Waals surface area contributed by atoms with Crippen LogP contribution in [0.4, 0.5) is 17.1 Å². The van der Waals surface area contributed by atoms with E-state index in [1.54, 1.807) is 24.3 Å². The molecule has 0 fully saturated rings. The van der Waals surface area contributed by atoms with Gasteiger partial charge in [0.05, 0.1) is 22.5 Å². The summed E-state index contributed by atoms with van der Waals surface area (Å²) in [7, 11) is -4.74. The van der Waals surface area contributed by atoms with Crippen molar-refractivity contribution in [2.75, 3.05) is 11.1 Å². The molecule has 0 aromatic heterocycles. The number of nitrogen functional groups attached to an aromatic ring is 1. The van der Waals surface area contributed by atoms with Crippen molar-refractivity contribution in [2.24, 2.45) is 0 Å². The van der Waals surface area contributed by atoms with E-state index in [0.29, 0.717) is 12.1 Å². The van der Waals surface area contributed by atoms with Gasteiger partial charge in [-0.1, -0.05) is 49.4 Å². The third-order valence-corrected chi connectivity index (χ3v) is 6.04. The van der Waals surface area contributed by atoms with Gasteiger partial charge in [0.15, 0.2) is 11.6 Å². The second-order valence-corrected chi connectivity index (χ2v) is 8.29. The van der Waals surface area contributed by atoms with Gasteiger partial charge >= 0.3 is 29.6 Å². The first-order chi connectivity index (χ1) is 14.2. The molecule has 4 N–H and O–H groups in total. The summed E-state index contributed by atoms with van der Waals surface area (Å²) in [6, 6.07) is 14.7. The van der Waals surface area contributed by atoms with E-state index in [-0.39, 0.29) is 57.5 Å². The second-order valence-electron chi connectivity index (χ2n) is 6.90. The number of hydrogen-bond donors (Lipinski definition) is 3. The molecule has 0 bridgehead atoms. The van der Waals surface area contributed by atoms with Crippen LogP contribution in [0.5, 0.6) is 0 Å². The van der Waals surface area contributed by atoms with Crippen LogP contribution in [0, 0.1) is 0 Å². The van der Waals surface area contributed by atoms with E-state index in [9.17, 15) is 22.6 Å². The van der Waals surface area contributed by atoms with E-state index in [1.165, 1.54) is 12.1 Å². The maximum atomic E-state index is 13.3. The quantitative estimate of drug-likeness (QED) is 0.250. The number of para-hydroxylation sites is 1. The summed E-state index contributed by atoms with van der Waals surface area (Å²) in [4.78, 5) is 25.8.